The summed E-state index contributed by atoms with van der Waals surface area (Å²) in [7, 11) is -3.47. The lowest BCUT2D eigenvalue weighted by atomic mass is 10.1. The van der Waals surface area contributed by atoms with Crippen molar-refractivity contribution in [3.05, 3.63) is 23.3 Å². The molecule has 0 amide bonds. The Bertz CT molecular complexity index is 576. The van der Waals surface area contributed by atoms with Gasteiger partial charge in [-0.05, 0) is 62.6 Å². The molecule has 0 saturated heterocycles. The molecule has 0 bridgehead atoms. The molecule has 0 spiro atoms. The molecule has 1 saturated carbocycles. The van der Waals surface area contributed by atoms with Crippen LogP contribution in [0.5, 0.6) is 0 Å². The summed E-state index contributed by atoms with van der Waals surface area (Å²) in [6.45, 7) is 3.58. The second-order valence-corrected chi connectivity index (χ2v) is 8.26. The first-order valence-electron chi connectivity index (χ1n) is 6.75. The van der Waals surface area contributed by atoms with E-state index in [1.807, 2.05) is 11.8 Å². The number of sulfonamides is 1. The van der Waals surface area contributed by atoms with Gasteiger partial charge in [0.2, 0.25) is 10.0 Å². The van der Waals surface area contributed by atoms with Crippen LogP contribution >= 0.6 is 11.8 Å². The fraction of sp³-hybridized carbons (Fsp3) is 0.571. The number of nitrogens with two attached hydrogens (primary N) is 1. The predicted octanol–water partition coefficient (Wildman–Crippen LogP) is 2.45. The summed E-state index contributed by atoms with van der Waals surface area (Å²) in [4.78, 5) is 0.374. The fourth-order valence-corrected chi connectivity index (χ4v) is 5.48. The number of hydrogen-bond donors (Lipinski definition) is 2. The highest BCUT2D eigenvalue weighted by Gasteiger charge is 2.29. The van der Waals surface area contributed by atoms with Crippen LogP contribution in [0.4, 0.5) is 5.69 Å². The molecule has 2 atom stereocenters. The summed E-state index contributed by atoms with van der Waals surface area (Å²) < 4.78 is 28.0. The Balaban J connectivity index is 2.24. The van der Waals surface area contributed by atoms with Crippen LogP contribution in [0.25, 0.3) is 0 Å². The molecule has 1 fully saturated rings. The SMILES string of the molecule is CSC1CCC(NS(=O)(=O)c2c(C)cc(N)cc2C)C1. The molecule has 6 heteroatoms. The molecule has 1 aliphatic rings. The molecule has 1 aliphatic carbocycles. The summed E-state index contributed by atoms with van der Waals surface area (Å²) >= 11 is 1.81. The van der Waals surface area contributed by atoms with Gasteiger partial charge in [-0.1, -0.05) is 0 Å². The summed E-state index contributed by atoms with van der Waals surface area (Å²) in [5.74, 6) is 0. The molecule has 0 aromatic heterocycles. The quantitative estimate of drug-likeness (QED) is 0.837. The highest BCUT2D eigenvalue weighted by atomic mass is 32.2. The van der Waals surface area contributed by atoms with Crippen molar-refractivity contribution in [2.75, 3.05) is 12.0 Å². The molecule has 0 aliphatic heterocycles. The maximum Gasteiger partial charge on any atom is 0.241 e. The number of anilines is 1. The van der Waals surface area contributed by atoms with Crippen LogP contribution in [0, 0.1) is 13.8 Å². The first-order valence-corrected chi connectivity index (χ1v) is 9.52. The third-order valence-electron chi connectivity index (χ3n) is 3.79. The van der Waals surface area contributed by atoms with Gasteiger partial charge in [0.15, 0.2) is 0 Å². The smallest absolute Gasteiger partial charge is 0.241 e. The largest absolute Gasteiger partial charge is 0.399 e. The number of nitrogens with one attached hydrogen (secondary N) is 1. The van der Waals surface area contributed by atoms with E-state index in [2.05, 4.69) is 11.0 Å². The Morgan fingerprint density at radius 2 is 1.85 bits per heavy atom. The lowest BCUT2D eigenvalue weighted by molar-refractivity contribution is 0.551. The number of benzene rings is 1. The van der Waals surface area contributed by atoms with Crippen molar-refractivity contribution >= 4 is 27.5 Å². The topological polar surface area (TPSA) is 72.2 Å². The van der Waals surface area contributed by atoms with Crippen molar-refractivity contribution < 1.29 is 8.42 Å². The van der Waals surface area contributed by atoms with Crippen molar-refractivity contribution in [1.29, 1.82) is 0 Å². The molecule has 3 N–H and O–H groups in total. The maximum atomic E-state index is 12.6. The minimum absolute atomic E-state index is 0.0498. The van der Waals surface area contributed by atoms with E-state index < -0.39 is 10.0 Å². The van der Waals surface area contributed by atoms with Crippen LogP contribution in [-0.2, 0) is 10.0 Å². The van der Waals surface area contributed by atoms with E-state index in [0.717, 1.165) is 19.3 Å². The zero-order chi connectivity index (χ0) is 14.9. The third-order valence-corrected chi connectivity index (χ3v) is 6.71. The first-order chi connectivity index (χ1) is 9.33. The van der Waals surface area contributed by atoms with Crippen molar-refractivity contribution in [2.24, 2.45) is 0 Å². The predicted molar refractivity (Wildman–Crippen MR) is 85.6 cm³/mol. The third kappa shape index (κ3) is 3.30. The van der Waals surface area contributed by atoms with Crippen molar-refractivity contribution in [2.45, 2.75) is 49.3 Å². The summed E-state index contributed by atoms with van der Waals surface area (Å²) in [6, 6.07) is 3.47. The minimum atomic E-state index is -3.47. The number of rotatable bonds is 4. The average molecular weight is 314 g/mol. The van der Waals surface area contributed by atoms with Gasteiger partial charge < -0.3 is 5.73 Å². The van der Waals surface area contributed by atoms with E-state index >= 15 is 0 Å². The first kappa shape index (κ1) is 15.7. The second kappa shape index (κ2) is 5.95. The number of thioether (sulfide) groups is 1. The molecule has 20 heavy (non-hydrogen) atoms. The van der Waals surface area contributed by atoms with Crippen LogP contribution in [-0.4, -0.2) is 26.0 Å². The molecular weight excluding hydrogens is 292 g/mol. The highest BCUT2D eigenvalue weighted by Crippen LogP contribution is 2.30. The summed E-state index contributed by atoms with van der Waals surface area (Å²) in [5.41, 5.74) is 7.76. The van der Waals surface area contributed by atoms with Crippen molar-refractivity contribution in [3.8, 4) is 0 Å². The van der Waals surface area contributed by atoms with E-state index in [9.17, 15) is 8.42 Å². The lowest BCUT2D eigenvalue weighted by Crippen LogP contribution is -2.34. The Labute approximate surface area is 125 Å². The van der Waals surface area contributed by atoms with E-state index in [1.165, 1.54) is 0 Å². The molecule has 0 heterocycles. The van der Waals surface area contributed by atoms with E-state index in [0.29, 0.717) is 27.0 Å². The van der Waals surface area contributed by atoms with Gasteiger partial charge >= 0.3 is 0 Å². The van der Waals surface area contributed by atoms with Crippen LogP contribution in [0.2, 0.25) is 0 Å². The zero-order valence-electron chi connectivity index (χ0n) is 12.1. The van der Waals surface area contributed by atoms with E-state index in [1.54, 1.807) is 26.0 Å². The summed E-state index contributed by atoms with van der Waals surface area (Å²) in [5, 5.41) is 0.566. The summed E-state index contributed by atoms with van der Waals surface area (Å²) in [6.07, 6.45) is 4.98. The van der Waals surface area contributed by atoms with Gasteiger partial charge in [0.05, 0.1) is 4.90 Å². The minimum Gasteiger partial charge on any atom is -0.399 e. The van der Waals surface area contributed by atoms with Crippen LogP contribution in [0.15, 0.2) is 17.0 Å². The van der Waals surface area contributed by atoms with Gasteiger partial charge in [0.25, 0.3) is 0 Å². The van der Waals surface area contributed by atoms with Crippen LogP contribution in [0.1, 0.15) is 30.4 Å². The van der Waals surface area contributed by atoms with Gasteiger partial charge in [-0.2, -0.15) is 11.8 Å². The maximum absolute atomic E-state index is 12.6. The van der Waals surface area contributed by atoms with Gasteiger partial charge in [0, 0.05) is 17.0 Å². The molecule has 1 aromatic rings. The Morgan fingerprint density at radius 1 is 1.25 bits per heavy atom. The van der Waals surface area contributed by atoms with E-state index in [4.69, 9.17) is 5.73 Å². The van der Waals surface area contributed by atoms with Gasteiger partial charge in [-0.15, -0.1) is 0 Å². The number of aryl methyl sites for hydroxylation is 2. The number of nitrogen functional groups attached to an aromatic ring is 1. The normalized spacial score (nSPS) is 23.1. The second-order valence-electron chi connectivity index (χ2n) is 5.47. The zero-order valence-corrected chi connectivity index (χ0v) is 13.8. The van der Waals surface area contributed by atoms with Crippen LogP contribution < -0.4 is 10.5 Å². The van der Waals surface area contributed by atoms with Crippen LogP contribution in [0.3, 0.4) is 0 Å². The standard InChI is InChI=1S/C14H22N2O2S2/c1-9-6-11(15)7-10(2)14(9)20(17,18)16-12-4-5-13(8-12)19-3/h6-7,12-13,16H,4-5,8,15H2,1-3H3. The van der Waals surface area contributed by atoms with E-state index in [-0.39, 0.29) is 6.04 Å². The lowest BCUT2D eigenvalue weighted by Gasteiger charge is -2.17. The Kier molecular flexibility index (Phi) is 4.66. The Hall–Kier alpha value is -0.720. The molecule has 2 rings (SSSR count). The van der Waals surface area contributed by atoms with Gasteiger partial charge in [-0.3, -0.25) is 0 Å². The number of hydrogen-bond acceptors (Lipinski definition) is 4. The fourth-order valence-electron chi connectivity index (χ4n) is 2.95. The molecule has 0 radical (unpaired) electrons. The Morgan fingerprint density at radius 3 is 2.35 bits per heavy atom. The van der Waals surface area contributed by atoms with Gasteiger partial charge in [0.1, 0.15) is 0 Å². The van der Waals surface area contributed by atoms with Gasteiger partial charge in [-0.25, -0.2) is 13.1 Å². The highest BCUT2D eigenvalue weighted by molar-refractivity contribution is 7.99. The molecule has 2 unspecified atom stereocenters. The monoisotopic (exact) mass is 314 g/mol. The van der Waals surface area contributed by atoms with Crippen molar-refractivity contribution in [3.63, 3.8) is 0 Å². The molecule has 1 aromatic carbocycles. The average Bonchev–Trinajstić information content (AvgIpc) is 2.73. The van der Waals surface area contributed by atoms with Crippen molar-refractivity contribution in [1.82, 2.24) is 4.72 Å². The molecule has 4 nitrogen and oxygen atoms in total. The molecule has 112 valence electrons. The molecular formula is C14H22N2O2S2.